The lowest BCUT2D eigenvalue weighted by Gasteiger charge is -2.33. The molecule has 3 aliphatic heterocycles. The lowest BCUT2D eigenvalue weighted by Crippen LogP contribution is -2.42. The lowest BCUT2D eigenvalue weighted by atomic mass is 9.78. The first kappa shape index (κ1) is 14.1. The SMILES string of the molecule is Cl.O=C(C1CCCO1)N1CCC2(CCNCC2)C1. The fraction of sp³-hybridized carbons (Fsp3) is 0.923. The largest absolute Gasteiger partial charge is 0.368 e. The van der Waals surface area contributed by atoms with Crippen LogP contribution in [-0.2, 0) is 9.53 Å². The monoisotopic (exact) mass is 274 g/mol. The summed E-state index contributed by atoms with van der Waals surface area (Å²) in [4.78, 5) is 14.3. The lowest BCUT2D eigenvalue weighted by molar-refractivity contribution is -0.140. The van der Waals surface area contributed by atoms with Crippen LogP contribution in [0.3, 0.4) is 0 Å². The molecule has 18 heavy (non-hydrogen) atoms. The fourth-order valence-corrected chi connectivity index (χ4v) is 3.46. The Hall–Kier alpha value is -0.320. The Morgan fingerprint density at radius 2 is 2.06 bits per heavy atom. The highest BCUT2D eigenvalue weighted by Gasteiger charge is 2.42. The molecular weight excluding hydrogens is 252 g/mol. The molecule has 3 rings (SSSR count). The predicted molar refractivity (Wildman–Crippen MR) is 72.0 cm³/mol. The second-order valence-electron chi connectivity index (χ2n) is 5.76. The van der Waals surface area contributed by atoms with Gasteiger partial charge in [-0.3, -0.25) is 4.79 Å². The van der Waals surface area contributed by atoms with Crippen LogP contribution in [0, 0.1) is 5.41 Å². The number of hydrogen-bond acceptors (Lipinski definition) is 3. The second-order valence-corrected chi connectivity index (χ2v) is 5.76. The van der Waals surface area contributed by atoms with Crippen LogP contribution in [0.25, 0.3) is 0 Å². The predicted octanol–water partition coefficient (Wildman–Crippen LogP) is 1.19. The molecule has 1 atom stereocenters. The first-order chi connectivity index (χ1) is 8.29. The van der Waals surface area contributed by atoms with Crippen LogP contribution in [0.4, 0.5) is 0 Å². The van der Waals surface area contributed by atoms with Gasteiger partial charge in [-0.1, -0.05) is 0 Å². The number of nitrogens with one attached hydrogen (secondary N) is 1. The molecule has 104 valence electrons. The molecule has 3 aliphatic rings. The molecule has 5 heteroatoms. The Morgan fingerprint density at radius 1 is 1.28 bits per heavy atom. The topological polar surface area (TPSA) is 41.6 Å². The van der Waals surface area contributed by atoms with Crippen LogP contribution in [0.1, 0.15) is 32.1 Å². The van der Waals surface area contributed by atoms with Crippen molar-refractivity contribution in [1.29, 1.82) is 0 Å². The quantitative estimate of drug-likeness (QED) is 0.781. The summed E-state index contributed by atoms with van der Waals surface area (Å²) in [6.07, 6.45) is 5.47. The summed E-state index contributed by atoms with van der Waals surface area (Å²) in [6, 6.07) is 0. The Morgan fingerprint density at radius 3 is 2.72 bits per heavy atom. The number of carbonyl (C=O) groups is 1. The first-order valence-corrected chi connectivity index (χ1v) is 6.90. The standard InChI is InChI=1S/C13H22N2O2.ClH/c16-12(11-2-1-9-17-11)15-8-5-13(10-15)3-6-14-7-4-13;/h11,14H,1-10H2;1H. The first-order valence-electron chi connectivity index (χ1n) is 6.90. The molecule has 3 saturated heterocycles. The summed E-state index contributed by atoms with van der Waals surface area (Å²) in [5.41, 5.74) is 0.416. The van der Waals surface area contributed by atoms with Gasteiger partial charge >= 0.3 is 0 Å². The van der Waals surface area contributed by atoms with Crippen LogP contribution < -0.4 is 5.32 Å². The highest BCUT2D eigenvalue weighted by molar-refractivity contribution is 5.85. The van der Waals surface area contributed by atoms with E-state index in [2.05, 4.69) is 10.2 Å². The van der Waals surface area contributed by atoms with Crippen molar-refractivity contribution >= 4 is 18.3 Å². The number of piperidine rings is 1. The Labute approximate surface area is 115 Å². The van der Waals surface area contributed by atoms with Crippen molar-refractivity contribution in [3.05, 3.63) is 0 Å². The molecule has 0 aliphatic carbocycles. The summed E-state index contributed by atoms with van der Waals surface area (Å²) in [7, 11) is 0. The number of hydrogen-bond donors (Lipinski definition) is 1. The van der Waals surface area contributed by atoms with E-state index in [4.69, 9.17) is 4.74 Å². The van der Waals surface area contributed by atoms with Crippen molar-refractivity contribution < 1.29 is 9.53 Å². The molecule has 1 spiro atoms. The summed E-state index contributed by atoms with van der Waals surface area (Å²) < 4.78 is 5.50. The molecular formula is C13H23ClN2O2. The van der Waals surface area contributed by atoms with Crippen molar-refractivity contribution in [2.24, 2.45) is 5.41 Å². The van der Waals surface area contributed by atoms with E-state index in [0.29, 0.717) is 5.41 Å². The number of carbonyl (C=O) groups excluding carboxylic acids is 1. The fourth-order valence-electron chi connectivity index (χ4n) is 3.46. The van der Waals surface area contributed by atoms with Crippen molar-refractivity contribution in [2.75, 3.05) is 32.8 Å². The average molecular weight is 275 g/mol. The zero-order valence-corrected chi connectivity index (χ0v) is 11.6. The molecule has 3 heterocycles. The van der Waals surface area contributed by atoms with Gasteiger partial charge in [-0.2, -0.15) is 0 Å². The van der Waals surface area contributed by atoms with E-state index in [1.807, 2.05) is 0 Å². The zero-order valence-electron chi connectivity index (χ0n) is 10.8. The molecule has 0 aromatic rings. The van der Waals surface area contributed by atoms with Gasteiger partial charge in [0.05, 0.1) is 0 Å². The number of likely N-dealkylation sites (tertiary alicyclic amines) is 1. The number of halogens is 1. The maximum absolute atomic E-state index is 12.3. The third-order valence-electron chi connectivity index (χ3n) is 4.62. The third-order valence-corrected chi connectivity index (χ3v) is 4.62. The Bertz CT molecular complexity index is 299. The van der Waals surface area contributed by atoms with E-state index in [9.17, 15) is 4.79 Å². The van der Waals surface area contributed by atoms with Gasteiger partial charge in [0.15, 0.2) is 0 Å². The number of rotatable bonds is 1. The average Bonchev–Trinajstić information content (AvgIpc) is 2.99. The van der Waals surface area contributed by atoms with Gasteiger partial charge in [-0.15, -0.1) is 12.4 Å². The van der Waals surface area contributed by atoms with Gasteiger partial charge in [0.2, 0.25) is 0 Å². The van der Waals surface area contributed by atoms with E-state index < -0.39 is 0 Å². The van der Waals surface area contributed by atoms with Gasteiger partial charge in [0, 0.05) is 19.7 Å². The Kier molecular flexibility index (Phi) is 4.51. The molecule has 3 fully saturated rings. The van der Waals surface area contributed by atoms with Crippen LogP contribution in [-0.4, -0.2) is 49.7 Å². The van der Waals surface area contributed by atoms with Crippen molar-refractivity contribution in [2.45, 2.75) is 38.2 Å². The van der Waals surface area contributed by atoms with Crippen LogP contribution >= 0.6 is 12.4 Å². The van der Waals surface area contributed by atoms with Gasteiger partial charge in [-0.25, -0.2) is 0 Å². The minimum atomic E-state index is -0.133. The van der Waals surface area contributed by atoms with E-state index in [0.717, 1.165) is 45.6 Å². The minimum absolute atomic E-state index is 0. The normalized spacial score (nSPS) is 30.4. The number of amides is 1. The van der Waals surface area contributed by atoms with Crippen LogP contribution in [0.15, 0.2) is 0 Å². The molecule has 0 aromatic heterocycles. The van der Waals surface area contributed by atoms with Gasteiger partial charge in [0.25, 0.3) is 5.91 Å². The van der Waals surface area contributed by atoms with Crippen molar-refractivity contribution in [3.8, 4) is 0 Å². The summed E-state index contributed by atoms with van der Waals surface area (Å²) >= 11 is 0. The summed E-state index contributed by atoms with van der Waals surface area (Å²) in [6.45, 7) is 4.90. The van der Waals surface area contributed by atoms with E-state index >= 15 is 0 Å². The molecule has 0 aromatic carbocycles. The van der Waals surface area contributed by atoms with Crippen LogP contribution in [0.5, 0.6) is 0 Å². The highest BCUT2D eigenvalue weighted by atomic mass is 35.5. The molecule has 0 radical (unpaired) electrons. The van der Waals surface area contributed by atoms with Crippen molar-refractivity contribution in [3.63, 3.8) is 0 Å². The van der Waals surface area contributed by atoms with Crippen molar-refractivity contribution in [1.82, 2.24) is 10.2 Å². The molecule has 0 saturated carbocycles. The van der Waals surface area contributed by atoms with Gasteiger partial charge in [-0.05, 0) is 50.6 Å². The maximum Gasteiger partial charge on any atom is 0.251 e. The van der Waals surface area contributed by atoms with E-state index in [-0.39, 0.29) is 24.4 Å². The molecule has 4 nitrogen and oxygen atoms in total. The minimum Gasteiger partial charge on any atom is -0.368 e. The number of nitrogens with zero attached hydrogens (tertiary/aromatic N) is 1. The zero-order chi connectivity index (χ0) is 11.7. The number of ether oxygens (including phenoxy) is 1. The summed E-state index contributed by atoms with van der Waals surface area (Å²) in [5.74, 6) is 0.248. The molecule has 1 unspecified atom stereocenters. The smallest absolute Gasteiger partial charge is 0.251 e. The molecule has 0 bridgehead atoms. The third kappa shape index (κ3) is 2.65. The molecule has 1 amide bonds. The Balaban J connectivity index is 0.00000120. The second kappa shape index (κ2) is 5.76. The van der Waals surface area contributed by atoms with Gasteiger partial charge in [0.1, 0.15) is 6.10 Å². The highest BCUT2D eigenvalue weighted by Crippen LogP contribution is 2.39. The van der Waals surface area contributed by atoms with E-state index in [1.165, 1.54) is 19.3 Å². The maximum atomic E-state index is 12.3. The molecule has 1 N–H and O–H groups in total. The summed E-state index contributed by atoms with van der Waals surface area (Å²) in [5, 5.41) is 3.41. The van der Waals surface area contributed by atoms with Crippen LogP contribution in [0.2, 0.25) is 0 Å². The van der Waals surface area contributed by atoms with Gasteiger partial charge < -0.3 is 15.0 Å². The van der Waals surface area contributed by atoms with E-state index in [1.54, 1.807) is 0 Å².